The molecule has 0 fully saturated rings. The molecular formula is C16H24N2O2. The second kappa shape index (κ2) is 5.54. The lowest BCUT2D eigenvalue weighted by Gasteiger charge is -2.29. The van der Waals surface area contributed by atoms with Gasteiger partial charge in [0.2, 0.25) is 0 Å². The molecule has 1 aromatic carbocycles. The van der Waals surface area contributed by atoms with Crippen LogP contribution in [0.1, 0.15) is 33.5 Å². The van der Waals surface area contributed by atoms with Gasteiger partial charge in [0.05, 0.1) is 23.2 Å². The maximum absolute atomic E-state index is 10.2. The van der Waals surface area contributed by atoms with Crippen LogP contribution in [-0.4, -0.2) is 32.0 Å². The third-order valence-corrected chi connectivity index (χ3v) is 3.69. The number of aryl methyl sites for hydroxylation is 1. The van der Waals surface area contributed by atoms with Gasteiger partial charge >= 0.3 is 0 Å². The predicted molar refractivity (Wildman–Crippen MR) is 80.6 cm³/mol. The van der Waals surface area contributed by atoms with E-state index < -0.39 is 12.2 Å². The molecule has 0 aliphatic carbocycles. The summed E-state index contributed by atoms with van der Waals surface area (Å²) < 4.78 is 2.09. The van der Waals surface area contributed by atoms with Gasteiger partial charge in [-0.2, -0.15) is 0 Å². The highest BCUT2D eigenvalue weighted by atomic mass is 16.3. The van der Waals surface area contributed by atoms with Crippen molar-refractivity contribution in [3.8, 4) is 0 Å². The second-order valence-corrected chi connectivity index (χ2v) is 6.34. The second-order valence-electron chi connectivity index (χ2n) is 6.34. The molecule has 2 atom stereocenters. The number of aliphatic hydroxyl groups excluding tert-OH is 2. The van der Waals surface area contributed by atoms with E-state index in [1.54, 1.807) is 0 Å². The molecule has 0 aliphatic rings. The number of hydrogen-bond donors (Lipinski definition) is 2. The molecule has 2 rings (SSSR count). The first kappa shape index (κ1) is 15.0. The minimum Gasteiger partial charge on any atom is -0.390 e. The van der Waals surface area contributed by atoms with E-state index >= 15 is 0 Å². The topological polar surface area (TPSA) is 58.3 Å². The number of aromatic nitrogens is 2. The zero-order valence-corrected chi connectivity index (χ0v) is 12.7. The van der Waals surface area contributed by atoms with Crippen molar-refractivity contribution < 1.29 is 10.2 Å². The fourth-order valence-electron chi connectivity index (χ4n) is 2.51. The van der Waals surface area contributed by atoms with Crippen LogP contribution in [0.25, 0.3) is 11.0 Å². The monoisotopic (exact) mass is 276 g/mol. The summed E-state index contributed by atoms with van der Waals surface area (Å²) in [6.07, 6.45) is -1.22. The molecule has 2 aromatic rings. The van der Waals surface area contributed by atoms with E-state index in [2.05, 4.69) is 16.5 Å². The smallest absolute Gasteiger partial charge is 0.112 e. The Kier molecular flexibility index (Phi) is 4.16. The average Bonchev–Trinajstić information content (AvgIpc) is 2.73. The highest BCUT2D eigenvalue weighted by molar-refractivity contribution is 5.75. The Morgan fingerprint density at radius 1 is 1.20 bits per heavy atom. The van der Waals surface area contributed by atoms with E-state index in [0.29, 0.717) is 6.42 Å². The van der Waals surface area contributed by atoms with E-state index in [4.69, 9.17) is 0 Å². The number of nitrogens with zero attached hydrogens (tertiary/aromatic N) is 2. The third kappa shape index (κ3) is 2.86. The molecular weight excluding hydrogens is 252 g/mol. The van der Waals surface area contributed by atoms with Crippen molar-refractivity contribution in [1.29, 1.82) is 0 Å². The maximum atomic E-state index is 10.2. The Bertz CT molecular complexity index is 584. The number of imidazole rings is 1. The predicted octanol–water partition coefficient (Wildman–Crippen LogP) is 2.37. The van der Waals surface area contributed by atoms with Crippen LogP contribution >= 0.6 is 0 Å². The van der Waals surface area contributed by atoms with Crippen molar-refractivity contribution >= 4 is 11.0 Å². The van der Waals surface area contributed by atoms with Gasteiger partial charge in [0.15, 0.2) is 0 Å². The summed E-state index contributed by atoms with van der Waals surface area (Å²) in [5.74, 6) is 0.824. The van der Waals surface area contributed by atoms with E-state index in [0.717, 1.165) is 23.4 Å². The molecule has 0 saturated carbocycles. The van der Waals surface area contributed by atoms with E-state index in [1.165, 1.54) is 0 Å². The van der Waals surface area contributed by atoms with Crippen LogP contribution in [0.2, 0.25) is 0 Å². The molecule has 0 amide bonds. The number of rotatable bonds is 4. The largest absolute Gasteiger partial charge is 0.390 e. The lowest BCUT2D eigenvalue weighted by Crippen LogP contribution is -2.39. The van der Waals surface area contributed by atoms with E-state index in [9.17, 15) is 10.2 Å². The fraction of sp³-hybridized carbons (Fsp3) is 0.562. The summed E-state index contributed by atoms with van der Waals surface area (Å²) in [5.41, 5.74) is 1.66. The molecule has 2 N–H and O–H groups in total. The Labute approximate surface area is 120 Å². The molecule has 4 nitrogen and oxygen atoms in total. The van der Waals surface area contributed by atoms with Crippen LogP contribution in [0.5, 0.6) is 0 Å². The molecule has 1 aromatic heterocycles. The van der Waals surface area contributed by atoms with Gasteiger partial charge < -0.3 is 14.8 Å². The highest BCUT2D eigenvalue weighted by Gasteiger charge is 2.30. The number of fused-ring (bicyclic) bond motifs is 1. The first-order chi connectivity index (χ1) is 9.34. The average molecular weight is 276 g/mol. The summed E-state index contributed by atoms with van der Waals surface area (Å²) >= 11 is 0. The SMILES string of the molecule is CCn1c(CC(O)C(O)C(C)(C)C)nc2ccccc21. The highest BCUT2D eigenvalue weighted by Crippen LogP contribution is 2.24. The fourth-order valence-corrected chi connectivity index (χ4v) is 2.51. The van der Waals surface area contributed by atoms with Gasteiger partial charge in [-0.3, -0.25) is 0 Å². The normalized spacial score (nSPS) is 15.5. The molecule has 0 bridgehead atoms. The summed E-state index contributed by atoms with van der Waals surface area (Å²) in [5, 5.41) is 20.4. The molecule has 0 radical (unpaired) electrons. The lowest BCUT2D eigenvalue weighted by atomic mass is 9.85. The Morgan fingerprint density at radius 3 is 2.45 bits per heavy atom. The van der Waals surface area contributed by atoms with Crippen LogP contribution < -0.4 is 0 Å². The standard InChI is InChI=1S/C16H24N2O2/c1-5-18-12-9-7-6-8-11(12)17-14(18)10-13(19)15(20)16(2,3)4/h6-9,13,15,19-20H,5,10H2,1-4H3. The summed E-state index contributed by atoms with van der Waals surface area (Å²) in [4.78, 5) is 4.58. The van der Waals surface area contributed by atoms with Crippen LogP contribution in [0.3, 0.4) is 0 Å². The van der Waals surface area contributed by atoms with E-state index in [1.807, 2.05) is 45.0 Å². The zero-order valence-electron chi connectivity index (χ0n) is 12.7. The number of hydrogen-bond acceptors (Lipinski definition) is 3. The van der Waals surface area contributed by atoms with Crippen molar-refractivity contribution in [1.82, 2.24) is 9.55 Å². The van der Waals surface area contributed by atoms with Crippen molar-refractivity contribution in [2.24, 2.45) is 5.41 Å². The minimum atomic E-state index is -0.808. The molecule has 110 valence electrons. The van der Waals surface area contributed by atoms with Gasteiger partial charge in [-0.05, 0) is 24.5 Å². The summed E-state index contributed by atoms with van der Waals surface area (Å²) in [6, 6.07) is 7.94. The summed E-state index contributed by atoms with van der Waals surface area (Å²) in [7, 11) is 0. The molecule has 20 heavy (non-hydrogen) atoms. The van der Waals surface area contributed by atoms with Crippen molar-refractivity contribution in [2.45, 2.75) is 52.9 Å². The van der Waals surface area contributed by atoms with Gasteiger partial charge in [-0.1, -0.05) is 32.9 Å². The number of aliphatic hydroxyl groups is 2. The van der Waals surface area contributed by atoms with Crippen LogP contribution in [0.15, 0.2) is 24.3 Å². The maximum Gasteiger partial charge on any atom is 0.112 e. The van der Waals surface area contributed by atoms with Crippen LogP contribution in [0.4, 0.5) is 0 Å². The van der Waals surface area contributed by atoms with Crippen molar-refractivity contribution in [3.05, 3.63) is 30.1 Å². The third-order valence-electron chi connectivity index (χ3n) is 3.69. The quantitative estimate of drug-likeness (QED) is 0.901. The first-order valence-electron chi connectivity index (χ1n) is 7.15. The van der Waals surface area contributed by atoms with Crippen molar-refractivity contribution in [3.63, 3.8) is 0 Å². The molecule has 4 heteroatoms. The molecule has 0 aliphatic heterocycles. The van der Waals surface area contributed by atoms with Gasteiger partial charge in [0.25, 0.3) is 0 Å². The Morgan fingerprint density at radius 2 is 1.85 bits per heavy atom. The molecule has 1 heterocycles. The molecule has 0 spiro atoms. The Balaban J connectivity index is 2.30. The number of para-hydroxylation sites is 2. The van der Waals surface area contributed by atoms with Crippen LogP contribution in [0, 0.1) is 5.41 Å². The summed E-state index contributed by atoms with van der Waals surface area (Å²) in [6.45, 7) is 8.62. The minimum absolute atomic E-state index is 0.345. The van der Waals surface area contributed by atoms with Gasteiger partial charge in [0.1, 0.15) is 5.82 Å². The Hall–Kier alpha value is -1.39. The van der Waals surface area contributed by atoms with Gasteiger partial charge in [-0.15, -0.1) is 0 Å². The van der Waals surface area contributed by atoms with Crippen LogP contribution in [-0.2, 0) is 13.0 Å². The first-order valence-corrected chi connectivity index (χ1v) is 7.15. The van der Waals surface area contributed by atoms with Crippen molar-refractivity contribution in [2.75, 3.05) is 0 Å². The number of benzene rings is 1. The lowest BCUT2D eigenvalue weighted by molar-refractivity contribution is -0.0444. The molecule has 2 unspecified atom stereocenters. The van der Waals surface area contributed by atoms with Gasteiger partial charge in [-0.25, -0.2) is 4.98 Å². The van der Waals surface area contributed by atoms with Gasteiger partial charge in [0, 0.05) is 13.0 Å². The molecule has 0 saturated heterocycles. The van der Waals surface area contributed by atoms with E-state index in [-0.39, 0.29) is 5.41 Å². The zero-order chi connectivity index (χ0) is 14.9.